The molecule has 0 saturated heterocycles. The predicted molar refractivity (Wildman–Crippen MR) is 74.0 cm³/mol. The highest BCUT2D eigenvalue weighted by atomic mass is 32.1. The summed E-state index contributed by atoms with van der Waals surface area (Å²) in [7, 11) is 0. The smallest absolute Gasteiger partial charge is 0.387 e. The van der Waals surface area contributed by atoms with E-state index in [4.69, 9.17) is 0 Å². The molecule has 0 amide bonds. The van der Waals surface area contributed by atoms with Crippen molar-refractivity contribution in [1.82, 2.24) is 10.3 Å². The molecular weight excluding hydrogens is 282 g/mol. The van der Waals surface area contributed by atoms with E-state index in [1.807, 2.05) is 5.38 Å². The topological polar surface area (TPSA) is 34.1 Å². The van der Waals surface area contributed by atoms with Gasteiger partial charge in [-0.3, -0.25) is 0 Å². The largest absolute Gasteiger partial charge is 0.435 e. The minimum atomic E-state index is -2.79. The molecule has 1 heterocycles. The molecule has 106 valence electrons. The Balaban J connectivity index is 1.65. The van der Waals surface area contributed by atoms with Crippen LogP contribution in [0, 0.1) is 0 Å². The summed E-state index contributed by atoms with van der Waals surface area (Å²) in [4.78, 5) is 4.54. The average Bonchev–Trinajstić information content (AvgIpc) is 3.14. The van der Waals surface area contributed by atoms with Crippen LogP contribution in [0.5, 0.6) is 5.75 Å². The first kappa shape index (κ1) is 13.5. The molecular formula is C14H14F2N2OS. The van der Waals surface area contributed by atoms with Gasteiger partial charge < -0.3 is 10.1 Å². The molecule has 1 N–H and O–H groups in total. The SMILES string of the molecule is FC(F)Oc1ccc(-c2csc(CNC3CC3)n2)cc1. The number of thiazole rings is 1. The number of hydrogen-bond acceptors (Lipinski definition) is 4. The van der Waals surface area contributed by atoms with Gasteiger partial charge in [0, 0.05) is 23.5 Å². The van der Waals surface area contributed by atoms with Crippen molar-refractivity contribution in [3.8, 4) is 17.0 Å². The number of benzene rings is 1. The Bertz CT molecular complexity index is 567. The zero-order valence-electron chi connectivity index (χ0n) is 10.7. The van der Waals surface area contributed by atoms with E-state index in [1.165, 1.54) is 25.0 Å². The maximum Gasteiger partial charge on any atom is 0.387 e. The predicted octanol–water partition coefficient (Wildman–Crippen LogP) is 3.66. The molecule has 3 nitrogen and oxygen atoms in total. The van der Waals surface area contributed by atoms with Crippen LogP contribution in [0.15, 0.2) is 29.6 Å². The molecule has 0 spiro atoms. The molecule has 1 aliphatic carbocycles. The molecule has 1 fully saturated rings. The van der Waals surface area contributed by atoms with Crippen LogP contribution in [0.25, 0.3) is 11.3 Å². The second-order valence-electron chi connectivity index (χ2n) is 4.68. The first-order chi connectivity index (χ1) is 9.70. The second-order valence-corrected chi connectivity index (χ2v) is 5.63. The average molecular weight is 296 g/mol. The number of nitrogens with one attached hydrogen (secondary N) is 1. The van der Waals surface area contributed by atoms with Crippen molar-refractivity contribution >= 4 is 11.3 Å². The van der Waals surface area contributed by atoms with Gasteiger partial charge in [-0.25, -0.2) is 4.98 Å². The summed E-state index contributed by atoms with van der Waals surface area (Å²) in [6, 6.07) is 7.20. The maximum atomic E-state index is 12.1. The summed E-state index contributed by atoms with van der Waals surface area (Å²) in [6.45, 7) is -2.00. The number of halogens is 2. The van der Waals surface area contributed by atoms with E-state index >= 15 is 0 Å². The molecule has 20 heavy (non-hydrogen) atoms. The minimum Gasteiger partial charge on any atom is -0.435 e. The van der Waals surface area contributed by atoms with Crippen molar-refractivity contribution in [2.24, 2.45) is 0 Å². The summed E-state index contributed by atoms with van der Waals surface area (Å²) in [5.41, 5.74) is 1.77. The van der Waals surface area contributed by atoms with Crippen molar-refractivity contribution in [3.63, 3.8) is 0 Å². The molecule has 0 atom stereocenters. The van der Waals surface area contributed by atoms with E-state index < -0.39 is 6.61 Å². The number of ether oxygens (including phenoxy) is 1. The van der Waals surface area contributed by atoms with Gasteiger partial charge in [-0.1, -0.05) is 0 Å². The summed E-state index contributed by atoms with van der Waals surface area (Å²) in [5.74, 6) is 0.162. The Hall–Kier alpha value is -1.53. The number of aromatic nitrogens is 1. The van der Waals surface area contributed by atoms with E-state index in [0.29, 0.717) is 6.04 Å². The fraction of sp³-hybridized carbons (Fsp3) is 0.357. The van der Waals surface area contributed by atoms with E-state index in [-0.39, 0.29) is 5.75 Å². The molecule has 0 aliphatic heterocycles. The molecule has 2 aromatic rings. The quantitative estimate of drug-likeness (QED) is 0.883. The van der Waals surface area contributed by atoms with Crippen LogP contribution >= 0.6 is 11.3 Å². The number of alkyl halides is 2. The third-order valence-electron chi connectivity index (χ3n) is 3.05. The van der Waals surface area contributed by atoms with E-state index in [1.54, 1.807) is 23.5 Å². The zero-order valence-corrected chi connectivity index (χ0v) is 11.5. The van der Waals surface area contributed by atoms with Gasteiger partial charge in [0.05, 0.1) is 5.69 Å². The molecule has 0 unspecified atom stereocenters. The molecule has 1 saturated carbocycles. The Labute approximate surface area is 119 Å². The van der Waals surface area contributed by atoms with E-state index in [0.717, 1.165) is 22.8 Å². The molecule has 1 aromatic heterocycles. The number of rotatable bonds is 6. The van der Waals surface area contributed by atoms with Gasteiger partial charge in [0.25, 0.3) is 0 Å². The van der Waals surface area contributed by atoms with Gasteiger partial charge in [0.2, 0.25) is 0 Å². The molecule has 6 heteroatoms. The van der Waals surface area contributed by atoms with Crippen LogP contribution in [-0.4, -0.2) is 17.6 Å². The normalized spacial score (nSPS) is 14.8. The summed E-state index contributed by atoms with van der Waals surface area (Å²) in [5, 5.41) is 6.43. The highest BCUT2D eigenvalue weighted by Crippen LogP contribution is 2.25. The van der Waals surface area contributed by atoms with Gasteiger partial charge >= 0.3 is 6.61 Å². The second kappa shape index (κ2) is 5.85. The summed E-state index contributed by atoms with van der Waals surface area (Å²) < 4.78 is 28.4. The van der Waals surface area contributed by atoms with Crippen molar-refractivity contribution in [1.29, 1.82) is 0 Å². The third-order valence-corrected chi connectivity index (χ3v) is 3.90. The standard InChI is InChI=1S/C14H14F2N2OS/c15-14(16)19-11-5-1-9(2-6-11)12-8-20-13(18-12)7-17-10-3-4-10/h1-2,5-6,8,10,14,17H,3-4,7H2. The van der Waals surface area contributed by atoms with Gasteiger partial charge in [0.15, 0.2) is 0 Å². The third kappa shape index (κ3) is 3.52. The van der Waals surface area contributed by atoms with Crippen LogP contribution in [0.1, 0.15) is 17.8 Å². The van der Waals surface area contributed by atoms with Gasteiger partial charge in [-0.05, 0) is 37.1 Å². The molecule has 1 aliphatic rings. The van der Waals surface area contributed by atoms with Crippen LogP contribution in [-0.2, 0) is 6.54 Å². The van der Waals surface area contributed by atoms with Crippen molar-refractivity contribution in [2.75, 3.05) is 0 Å². The highest BCUT2D eigenvalue weighted by Gasteiger charge is 2.20. The minimum absolute atomic E-state index is 0.162. The zero-order chi connectivity index (χ0) is 13.9. The molecule has 0 bridgehead atoms. The monoisotopic (exact) mass is 296 g/mol. The molecule has 3 rings (SSSR count). The fourth-order valence-electron chi connectivity index (χ4n) is 1.85. The number of hydrogen-bond donors (Lipinski definition) is 1. The first-order valence-corrected chi connectivity index (χ1v) is 7.32. The van der Waals surface area contributed by atoms with E-state index in [9.17, 15) is 8.78 Å². The maximum absolute atomic E-state index is 12.1. The van der Waals surface area contributed by atoms with Gasteiger partial charge in [-0.15, -0.1) is 11.3 Å². The van der Waals surface area contributed by atoms with Crippen molar-refractivity contribution in [3.05, 3.63) is 34.7 Å². The van der Waals surface area contributed by atoms with Crippen LogP contribution in [0.2, 0.25) is 0 Å². The first-order valence-electron chi connectivity index (χ1n) is 6.44. The highest BCUT2D eigenvalue weighted by molar-refractivity contribution is 7.09. The lowest BCUT2D eigenvalue weighted by atomic mass is 10.2. The Morgan fingerprint density at radius 1 is 1.30 bits per heavy atom. The fourth-order valence-corrected chi connectivity index (χ4v) is 2.61. The van der Waals surface area contributed by atoms with Crippen LogP contribution < -0.4 is 10.1 Å². The lowest BCUT2D eigenvalue weighted by Gasteiger charge is -2.04. The van der Waals surface area contributed by atoms with Gasteiger partial charge in [0.1, 0.15) is 10.8 Å². The molecule has 1 aromatic carbocycles. The summed E-state index contributed by atoms with van der Waals surface area (Å²) in [6.07, 6.45) is 2.51. The van der Waals surface area contributed by atoms with Crippen molar-refractivity contribution < 1.29 is 13.5 Å². The Morgan fingerprint density at radius 2 is 2.05 bits per heavy atom. The lowest BCUT2D eigenvalue weighted by molar-refractivity contribution is -0.0498. The van der Waals surface area contributed by atoms with Gasteiger partial charge in [-0.2, -0.15) is 8.78 Å². The molecule has 0 radical (unpaired) electrons. The van der Waals surface area contributed by atoms with Crippen LogP contribution in [0.3, 0.4) is 0 Å². The van der Waals surface area contributed by atoms with Crippen LogP contribution in [0.4, 0.5) is 8.78 Å². The number of nitrogens with zero attached hydrogens (tertiary/aromatic N) is 1. The summed E-state index contributed by atoms with van der Waals surface area (Å²) >= 11 is 1.60. The Morgan fingerprint density at radius 3 is 2.70 bits per heavy atom. The Kier molecular flexibility index (Phi) is 3.93. The lowest BCUT2D eigenvalue weighted by Crippen LogP contribution is -2.14. The van der Waals surface area contributed by atoms with Crippen molar-refractivity contribution in [2.45, 2.75) is 32.0 Å². The van der Waals surface area contributed by atoms with E-state index in [2.05, 4.69) is 15.0 Å².